The summed E-state index contributed by atoms with van der Waals surface area (Å²) in [6.07, 6.45) is 5.91. The van der Waals surface area contributed by atoms with Gasteiger partial charge in [-0.2, -0.15) is 0 Å². The highest BCUT2D eigenvalue weighted by molar-refractivity contribution is 6.07. The Labute approximate surface area is 167 Å². The maximum atomic E-state index is 12.5. The van der Waals surface area contributed by atoms with Gasteiger partial charge in [0, 0.05) is 40.9 Å². The van der Waals surface area contributed by atoms with Gasteiger partial charge in [0.15, 0.2) is 5.78 Å². The highest BCUT2D eigenvalue weighted by Gasteiger charge is 2.22. The Balaban J connectivity index is 2.39. The number of ether oxygens (including phenoxy) is 1. The van der Waals surface area contributed by atoms with Gasteiger partial charge in [0.05, 0.1) is 6.61 Å². The molecule has 0 saturated carbocycles. The normalized spacial score (nSPS) is 11.4. The largest absolute Gasteiger partial charge is 0.507 e. The summed E-state index contributed by atoms with van der Waals surface area (Å²) in [7, 11) is 1.84. The second kappa shape index (κ2) is 9.27. The van der Waals surface area contributed by atoms with Crippen molar-refractivity contribution in [3.8, 4) is 11.5 Å². The van der Waals surface area contributed by atoms with Gasteiger partial charge in [0.1, 0.15) is 11.5 Å². The fourth-order valence-corrected chi connectivity index (χ4v) is 2.74. The molecule has 0 atom stereocenters. The van der Waals surface area contributed by atoms with Crippen molar-refractivity contribution in [2.75, 3.05) is 19.0 Å². The predicted molar refractivity (Wildman–Crippen MR) is 116 cm³/mol. The van der Waals surface area contributed by atoms with Gasteiger partial charge in [-0.1, -0.05) is 26.8 Å². The molecule has 0 unspecified atom stereocenters. The molecule has 0 aliphatic heterocycles. The summed E-state index contributed by atoms with van der Waals surface area (Å²) in [4.78, 5) is 12.5. The quantitative estimate of drug-likeness (QED) is 0.339. The topological polar surface area (TPSA) is 58.6 Å². The van der Waals surface area contributed by atoms with E-state index in [9.17, 15) is 9.90 Å². The summed E-state index contributed by atoms with van der Waals surface area (Å²) >= 11 is 0. The number of aromatic hydroxyl groups is 1. The van der Waals surface area contributed by atoms with Crippen LogP contribution in [0, 0.1) is 0 Å². The van der Waals surface area contributed by atoms with Crippen molar-refractivity contribution < 1.29 is 14.6 Å². The first-order valence-electron chi connectivity index (χ1n) is 9.46. The van der Waals surface area contributed by atoms with Crippen LogP contribution >= 0.6 is 0 Å². The SMILES string of the molecule is C=CC(C)(C)c1cc(/C=C/C(=O)c2ccc(NC)cc2)c(OCCC)cc1O. The van der Waals surface area contributed by atoms with Crippen LogP contribution in [-0.4, -0.2) is 24.5 Å². The highest BCUT2D eigenvalue weighted by Crippen LogP contribution is 2.37. The average Bonchev–Trinajstić information content (AvgIpc) is 2.70. The number of phenolic OH excluding ortho intramolecular Hbond substituents is 1. The molecule has 0 radical (unpaired) electrons. The maximum absolute atomic E-state index is 12.5. The molecule has 0 saturated heterocycles. The van der Waals surface area contributed by atoms with E-state index in [1.165, 1.54) is 6.08 Å². The fourth-order valence-electron chi connectivity index (χ4n) is 2.74. The average molecular weight is 380 g/mol. The molecule has 2 rings (SSSR count). The van der Waals surface area contributed by atoms with Gasteiger partial charge in [-0.25, -0.2) is 0 Å². The van der Waals surface area contributed by atoms with E-state index in [4.69, 9.17) is 4.74 Å². The number of allylic oxidation sites excluding steroid dienone is 2. The fraction of sp³-hybridized carbons (Fsp3) is 0.292. The van der Waals surface area contributed by atoms with Crippen LogP contribution in [0.15, 0.2) is 55.1 Å². The molecule has 4 heteroatoms. The molecule has 148 valence electrons. The van der Waals surface area contributed by atoms with Gasteiger partial charge in [-0.05, 0) is 48.9 Å². The summed E-state index contributed by atoms with van der Waals surface area (Å²) in [5, 5.41) is 13.5. The monoisotopic (exact) mass is 379 g/mol. The molecule has 0 amide bonds. The lowest BCUT2D eigenvalue weighted by atomic mass is 9.83. The minimum Gasteiger partial charge on any atom is -0.507 e. The Bertz CT molecular complexity index is 864. The van der Waals surface area contributed by atoms with Gasteiger partial charge in [-0.3, -0.25) is 4.79 Å². The van der Waals surface area contributed by atoms with Crippen LogP contribution in [0.3, 0.4) is 0 Å². The minimum atomic E-state index is -0.414. The van der Waals surface area contributed by atoms with E-state index < -0.39 is 5.41 Å². The van der Waals surface area contributed by atoms with Crippen LogP contribution < -0.4 is 10.1 Å². The first-order valence-corrected chi connectivity index (χ1v) is 9.46. The van der Waals surface area contributed by atoms with E-state index in [0.717, 1.165) is 23.2 Å². The summed E-state index contributed by atoms with van der Waals surface area (Å²) in [5.41, 5.74) is 2.62. The van der Waals surface area contributed by atoms with Crippen molar-refractivity contribution in [1.29, 1.82) is 0 Å². The minimum absolute atomic E-state index is 0.0956. The Morgan fingerprint density at radius 1 is 1.25 bits per heavy atom. The van der Waals surface area contributed by atoms with Gasteiger partial charge in [0.25, 0.3) is 0 Å². The molecule has 0 spiro atoms. The molecule has 0 fully saturated rings. The highest BCUT2D eigenvalue weighted by atomic mass is 16.5. The third-order valence-corrected chi connectivity index (χ3v) is 4.67. The zero-order valence-corrected chi connectivity index (χ0v) is 17.1. The Morgan fingerprint density at radius 2 is 1.93 bits per heavy atom. The van der Waals surface area contributed by atoms with Crippen molar-refractivity contribution in [3.63, 3.8) is 0 Å². The van der Waals surface area contributed by atoms with Crippen LogP contribution in [0.4, 0.5) is 5.69 Å². The molecule has 28 heavy (non-hydrogen) atoms. The number of nitrogens with one attached hydrogen (secondary N) is 1. The molecule has 0 bridgehead atoms. The molecule has 4 nitrogen and oxygen atoms in total. The third kappa shape index (κ3) is 5.03. The van der Waals surface area contributed by atoms with Gasteiger partial charge in [0.2, 0.25) is 0 Å². The van der Waals surface area contributed by atoms with Gasteiger partial charge in [-0.15, -0.1) is 6.58 Å². The van der Waals surface area contributed by atoms with E-state index >= 15 is 0 Å². The zero-order chi connectivity index (χ0) is 20.7. The van der Waals surface area contributed by atoms with E-state index in [-0.39, 0.29) is 11.5 Å². The van der Waals surface area contributed by atoms with Crippen molar-refractivity contribution in [3.05, 3.63) is 71.8 Å². The van der Waals surface area contributed by atoms with Crippen LogP contribution in [0.1, 0.15) is 48.7 Å². The first kappa shape index (κ1) is 21.3. The Kier molecular flexibility index (Phi) is 7.05. The second-order valence-electron chi connectivity index (χ2n) is 7.21. The van der Waals surface area contributed by atoms with Crippen LogP contribution in [0.5, 0.6) is 11.5 Å². The number of rotatable bonds is 9. The number of benzene rings is 2. The predicted octanol–water partition coefficient (Wildman–Crippen LogP) is 5.58. The van der Waals surface area contributed by atoms with Crippen LogP contribution in [0.2, 0.25) is 0 Å². The van der Waals surface area contributed by atoms with E-state index in [0.29, 0.717) is 17.9 Å². The lowest BCUT2D eigenvalue weighted by Gasteiger charge is -2.23. The number of hydrogen-bond donors (Lipinski definition) is 2. The molecule has 2 aromatic carbocycles. The molecule has 0 aliphatic rings. The van der Waals surface area contributed by atoms with Crippen molar-refractivity contribution in [2.24, 2.45) is 0 Å². The first-order chi connectivity index (χ1) is 13.3. The van der Waals surface area contributed by atoms with Gasteiger partial charge >= 0.3 is 0 Å². The summed E-state index contributed by atoms with van der Waals surface area (Å²) in [5.74, 6) is 0.612. The van der Waals surface area contributed by atoms with Gasteiger partial charge < -0.3 is 15.2 Å². The maximum Gasteiger partial charge on any atom is 0.185 e. The number of ketones is 1. The summed E-state index contributed by atoms with van der Waals surface area (Å²) < 4.78 is 5.78. The number of phenols is 1. The summed E-state index contributed by atoms with van der Waals surface area (Å²) in [6, 6.07) is 10.8. The molecule has 2 N–H and O–H groups in total. The zero-order valence-electron chi connectivity index (χ0n) is 17.1. The van der Waals surface area contributed by atoms with Crippen LogP contribution in [-0.2, 0) is 5.41 Å². The lowest BCUT2D eigenvalue weighted by Crippen LogP contribution is -2.13. The number of carbonyl (C=O) groups is 1. The van der Waals surface area contributed by atoms with Crippen molar-refractivity contribution >= 4 is 17.5 Å². The van der Waals surface area contributed by atoms with Crippen molar-refractivity contribution in [1.82, 2.24) is 0 Å². The van der Waals surface area contributed by atoms with Crippen molar-refractivity contribution in [2.45, 2.75) is 32.6 Å². The summed E-state index contributed by atoms with van der Waals surface area (Å²) in [6.45, 7) is 10.4. The molecule has 2 aromatic rings. The molecule has 0 aliphatic carbocycles. The standard InChI is InChI=1S/C24H29NO3/c1-6-14-28-23-16-22(27)20(24(3,4)7-2)15-18(23)10-13-21(26)17-8-11-19(25-5)12-9-17/h7-13,15-16,25,27H,2,6,14H2,1,3-5H3/b13-10+. The second-order valence-corrected chi connectivity index (χ2v) is 7.21. The number of anilines is 1. The lowest BCUT2D eigenvalue weighted by molar-refractivity contribution is 0.104. The third-order valence-electron chi connectivity index (χ3n) is 4.67. The Morgan fingerprint density at radius 3 is 2.50 bits per heavy atom. The Hall–Kier alpha value is -3.01. The molecule has 0 heterocycles. The molecular weight excluding hydrogens is 350 g/mol. The van der Waals surface area contributed by atoms with Crippen LogP contribution in [0.25, 0.3) is 6.08 Å². The smallest absolute Gasteiger partial charge is 0.185 e. The van der Waals surface area contributed by atoms with E-state index in [2.05, 4.69) is 11.9 Å². The molecule has 0 aromatic heterocycles. The number of hydrogen-bond acceptors (Lipinski definition) is 4. The van der Waals surface area contributed by atoms with E-state index in [1.807, 2.05) is 46.0 Å². The number of carbonyl (C=O) groups excluding carboxylic acids is 1. The molecular formula is C24H29NO3. The van der Waals surface area contributed by atoms with E-state index in [1.54, 1.807) is 30.4 Å².